The van der Waals surface area contributed by atoms with Crippen molar-refractivity contribution in [2.24, 2.45) is 0 Å². The molecule has 8 heteroatoms. The van der Waals surface area contributed by atoms with Crippen LogP contribution in [0.25, 0.3) is 22.6 Å². The van der Waals surface area contributed by atoms with Gasteiger partial charge in [0.25, 0.3) is 0 Å². The lowest BCUT2D eigenvalue weighted by molar-refractivity contribution is -0.109. The number of H-pyrrole nitrogens is 1. The molecule has 0 atom stereocenters. The number of hydrogen-bond donors (Lipinski definition) is 3. The molecule has 0 spiro atoms. The topological polar surface area (TPSA) is 123 Å². The Morgan fingerprint density at radius 1 is 1.45 bits per heavy atom. The smallest absolute Gasteiger partial charge is 0.222 e. The average Bonchev–Trinajstić information content (AvgIpc) is 3.19. The summed E-state index contributed by atoms with van der Waals surface area (Å²) in [5, 5.41) is 2.57. The van der Waals surface area contributed by atoms with Gasteiger partial charge in [0.1, 0.15) is 11.2 Å². The van der Waals surface area contributed by atoms with E-state index in [0.29, 0.717) is 17.1 Å². The third kappa shape index (κ3) is 3.81. The zero-order valence-electron chi connectivity index (χ0n) is 12.2. The molecule has 0 saturated heterocycles. The van der Waals surface area contributed by atoms with Crippen LogP contribution in [0.1, 0.15) is 19.8 Å². The third-order valence-electron chi connectivity index (χ3n) is 2.82. The number of nitrogen functional groups attached to an aromatic ring is 1. The number of fused-ring (bicyclic) bond motifs is 1. The Kier molecular flexibility index (Phi) is 5.47. The first-order chi connectivity index (χ1) is 10.8. The maximum absolute atomic E-state index is 9.57. The molecule has 0 fully saturated rings. The highest BCUT2D eigenvalue weighted by molar-refractivity contribution is 5.85. The summed E-state index contributed by atoms with van der Waals surface area (Å²) in [5.74, 6) is 0.819. The third-order valence-corrected chi connectivity index (χ3v) is 2.82. The minimum absolute atomic E-state index is 0.181. The Labute approximate surface area is 127 Å². The molecule has 4 N–H and O–H groups in total. The molecule has 8 nitrogen and oxygen atoms in total. The zero-order valence-corrected chi connectivity index (χ0v) is 12.2. The molecule has 0 aliphatic heterocycles. The first-order valence-electron chi connectivity index (χ1n) is 6.93. The fourth-order valence-electron chi connectivity index (χ4n) is 1.78. The summed E-state index contributed by atoms with van der Waals surface area (Å²) in [4.78, 5) is 24.6. The van der Waals surface area contributed by atoms with Crippen LogP contribution in [0, 0.1) is 0 Å². The van der Waals surface area contributed by atoms with Gasteiger partial charge in [-0.3, -0.25) is 4.79 Å². The van der Waals surface area contributed by atoms with E-state index in [4.69, 9.17) is 10.2 Å². The Balaban J connectivity index is 0.000000217. The maximum atomic E-state index is 9.57. The summed E-state index contributed by atoms with van der Waals surface area (Å²) >= 11 is 0. The van der Waals surface area contributed by atoms with Gasteiger partial charge in [0.2, 0.25) is 12.4 Å². The first-order valence-corrected chi connectivity index (χ1v) is 6.93. The molecule has 0 aliphatic carbocycles. The van der Waals surface area contributed by atoms with Crippen LogP contribution >= 0.6 is 0 Å². The molecular formula is C14H18N6O2. The lowest BCUT2D eigenvalue weighted by atomic mass is 10.3. The Morgan fingerprint density at radius 2 is 2.32 bits per heavy atom. The normalized spacial score (nSPS) is 10.0. The second-order valence-corrected chi connectivity index (χ2v) is 4.43. The van der Waals surface area contributed by atoms with E-state index in [0.717, 1.165) is 31.3 Å². The zero-order chi connectivity index (χ0) is 15.8. The van der Waals surface area contributed by atoms with E-state index >= 15 is 0 Å². The van der Waals surface area contributed by atoms with Crippen LogP contribution in [0.5, 0.6) is 0 Å². The summed E-state index contributed by atoms with van der Waals surface area (Å²) in [6.45, 7) is 2.91. The monoisotopic (exact) mass is 302 g/mol. The molecule has 0 aromatic carbocycles. The summed E-state index contributed by atoms with van der Waals surface area (Å²) in [7, 11) is 0. The number of furan rings is 1. The number of nitrogens with one attached hydrogen (secondary N) is 2. The average molecular weight is 302 g/mol. The fourth-order valence-corrected chi connectivity index (χ4v) is 1.78. The van der Waals surface area contributed by atoms with Gasteiger partial charge in [-0.05, 0) is 18.6 Å². The van der Waals surface area contributed by atoms with Gasteiger partial charge in [-0.15, -0.1) is 0 Å². The van der Waals surface area contributed by atoms with Crippen molar-refractivity contribution in [2.75, 3.05) is 12.3 Å². The van der Waals surface area contributed by atoms with Gasteiger partial charge in [0.15, 0.2) is 11.4 Å². The van der Waals surface area contributed by atoms with Crippen LogP contribution in [-0.2, 0) is 4.79 Å². The van der Waals surface area contributed by atoms with Crippen molar-refractivity contribution >= 4 is 23.5 Å². The van der Waals surface area contributed by atoms with Crippen molar-refractivity contribution in [3.63, 3.8) is 0 Å². The maximum Gasteiger partial charge on any atom is 0.222 e. The quantitative estimate of drug-likeness (QED) is 0.487. The Bertz CT molecular complexity index is 707. The number of anilines is 1. The largest absolute Gasteiger partial charge is 0.463 e. The molecular weight excluding hydrogens is 284 g/mol. The minimum atomic E-state index is 0.181. The van der Waals surface area contributed by atoms with E-state index in [-0.39, 0.29) is 5.95 Å². The molecule has 1 amide bonds. The summed E-state index contributed by atoms with van der Waals surface area (Å²) in [6.07, 6.45) is 6.08. The number of nitrogens with two attached hydrogens (primary N) is 1. The number of carbonyl (C=O) groups excluding carboxylic acids is 1. The van der Waals surface area contributed by atoms with Crippen molar-refractivity contribution in [2.45, 2.75) is 19.8 Å². The number of imidazole rings is 1. The van der Waals surface area contributed by atoms with Crippen LogP contribution < -0.4 is 11.1 Å². The molecule has 3 heterocycles. The van der Waals surface area contributed by atoms with Crippen LogP contribution in [0.2, 0.25) is 0 Å². The van der Waals surface area contributed by atoms with Gasteiger partial charge in [0, 0.05) is 6.54 Å². The van der Waals surface area contributed by atoms with E-state index in [1.54, 1.807) is 18.7 Å². The first kappa shape index (κ1) is 15.5. The Morgan fingerprint density at radius 3 is 3.00 bits per heavy atom. The molecule has 3 rings (SSSR count). The molecule has 0 bridgehead atoms. The molecule has 116 valence electrons. The highest BCUT2D eigenvalue weighted by Crippen LogP contribution is 2.24. The minimum Gasteiger partial charge on any atom is -0.463 e. The number of unbranched alkanes of at least 4 members (excludes halogenated alkanes) is 1. The summed E-state index contributed by atoms with van der Waals surface area (Å²) in [5.41, 5.74) is 7.45. The van der Waals surface area contributed by atoms with Crippen LogP contribution in [-0.4, -0.2) is 32.9 Å². The van der Waals surface area contributed by atoms with E-state index in [1.807, 2.05) is 6.07 Å². The van der Waals surface area contributed by atoms with E-state index in [2.05, 4.69) is 32.2 Å². The van der Waals surface area contributed by atoms with Crippen LogP contribution in [0.15, 0.2) is 29.1 Å². The molecule has 0 aliphatic rings. The Hall–Kier alpha value is -2.90. The van der Waals surface area contributed by atoms with E-state index in [1.165, 1.54) is 0 Å². The number of hydrogen-bond acceptors (Lipinski definition) is 6. The SMILES string of the molecule is CCCCNC=O.Nc1nc(-c2ccco2)c2[nH]cnc2n1. The van der Waals surface area contributed by atoms with Crippen molar-refractivity contribution in [1.29, 1.82) is 0 Å². The van der Waals surface area contributed by atoms with Crippen molar-refractivity contribution < 1.29 is 9.21 Å². The predicted octanol–water partition coefficient (Wildman–Crippen LogP) is 1.73. The highest BCUT2D eigenvalue weighted by atomic mass is 16.3. The number of aromatic amines is 1. The van der Waals surface area contributed by atoms with Crippen LogP contribution in [0.3, 0.4) is 0 Å². The number of nitrogens with zero attached hydrogens (tertiary/aromatic N) is 3. The molecule has 3 aromatic heterocycles. The molecule has 3 aromatic rings. The van der Waals surface area contributed by atoms with Crippen LogP contribution in [0.4, 0.5) is 5.95 Å². The van der Waals surface area contributed by atoms with Gasteiger partial charge in [-0.25, -0.2) is 9.97 Å². The van der Waals surface area contributed by atoms with Gasteiger partial charge < -0.3 is 20.5 Å². The lowest BCUT2D eigenvalue weighted by Crippen LogP contribution is -2.11. The van der Waals surface area contributed by atoms with Crippen molar-refractivity contribution in [1.82, 2.24) is 25.3 Å². The number of carbonyl (C=O) groups is 1. The predicted molar refractivity (Wildman–Crippen MR) is 82.8 cm³/mol. The lowest BCUT2D eigenvalue weighted by Gasteiger charge is -1.98. The molecule has 0 saturated carbocycles. The second-order valence-electron chi connectivity index (χ2n) is 4.43. The van der Waals surface area contributed by atoms with Gasteiger partial charge >= 0.3 is 0 Å². The summed E-state index contributed by atoms with van der Waals surface area (Å²) < 4.78 is 5.26. The molecule has 22 heavy (non-hydrogen) atoms. The van der Waals surface area contributed by atoms with Crippen molar-refractivity contribution in [3.05, 3.63) is 24.7 Å². The van der Waals surface area contributed by atoms with Gasteiger partial charge in [0.05, 0.1) is 12.6 Å². The number of amides is 1. The van der Waals surface area contributed by atoms with E-state index in [9.17, 15) is 4.79 Å². The van der Waals surface area contributed by atoms with Gasteiger partial charge in [-0.1, -0.05) is 13.3 Å². The fraction of sp³-hybridized carbons (Fsp3) is 0.286. The molecule has 0 unspecified atom stereocenters. The van der Waals surface area contributed by atoms with Crippen molar-refractivity contribution in [3.8, 4) is 11.5 Å². The standard InChI is InChI=1S/C9H7N5O.C5H11NO/c10-9-13-6(5-2-1-3-15-5)7-8(14-9)12-4-11-7;1-2-3-4-6-5-7/h1-4H,(H3,10,11,12,13,14);5H,2-4H2,1H3,(H,6,7). The highest BCUT2D eigenvalue weighted by Gasteiger charge is 2.12. The number of rotatable bonds is 5. The molecule has 0 radical (unpaired) electrons. The van der Waals surface area contributed by atoms with E-state index < -0.39 is 0 Å². The number of aromatic nitrogens is 4. The van der Waals surface area contributed by atoms with Gasteiger partial charge in [-0.2, -0.15) is 4.98 Å². The second kappa shape index (κ2) is 7.77. The summed E-state index contributed by atoms with van der Waals surface area (Å²) in [6, 6.07) is 3.60.